The van der Waals surface area contributed by atoms with E-state index < -0.39 is 17.7 Å². The van der Waals surface area contributed by atoms with E-state index in [9.17, 15) is 13.9 Å². The van der Waals surface area contributed by atoms with Crippen molar-refractivity contribution in [3.05, 3.63) is 35.4 Å². The third kappa shape index (κ3) is 4.01. The minimum absolute atomic E-state index is 0.0215. The van der Waals surface area contributed by atoms with Crippen molar-refractivity contribution in [2.45, 2.75) is 25.5 Å². The van der Waals surface area contributed by atoms with Gasteiger partial charge < -0.3 is 15.2 Å². The number of hydrogen-bond acceptors (Lipinski definition) is 3. The lowest BCUT2D eigenvalue weighted by Gasteiger charge is -2.23. The van der Waals surface area contributed by atoms with Crippen LogP contribution in [0.4, 0.5) is 8.78 Å². The molecule has 102 valence electrons. The lowest BCUT2D eigenvalue weighted by atomic mass is 9.99. The quantitative estimate of drug-likeness (QED) is 0.736. The SMILES string of the molecule is CCC(NCCOC)C(O)c1cc(F)ccc1F. The molecule has 2 N–H and O–H groups in total. The van der Waals surface area contributed by atoms with Crippen LogP contribution in [0.25, 0.3) is 0 Å². The van der Waals surface area contributed by atoms with Gasteiger partial charge in [-0.1, -0.05) is 6.92 Å². The van der Waals surface area contributed by atoms with Gasteiger partial charge in [-0.2, -0.15) is 0 Å². The summed E-state index contributed by atoms with van der Waals surface area (Å²) >= 11 is 0. The van der Waals surface area contributed by atoms with E-state index >= 15 is 0 Å². The molecule has 3 nitrogen and oxygen atoms in total. The van der Waals surface area contributed by atoms with Gasteiger partial charge in [-0.15, -0.1) is 0 Å². The van der Waals surface area contributed by atoms with E-state index in [1.165, 1.54) is 0 Å². The third-order valence-electron chi connectivity index (χ3n) is 2.81. The van der Waals surface area contributed by atoms with Crippen LogP contribution in [0.15, 0.2) is 18.2 Å². The molecule has 5 heteroatoms. The Bertz CT molecular complexity index is 374. The molecular weight excluding hydrogens is 240 g/mol. The van der Waals surface area contributed by atoms with Crippen LogP contribution >= 0.6 is 0 Å². The molecule has 2 atom stereocenters. The molecule has 0 spiro atoms. The van der Waals surface area contributed by atoms with Gasteiger partial charge in [0.1, 0.15) is 11.6 Å². The van der Waals surface area contributed by atoms with Crippen molar-refractivity contribution in [1.82, 2.24) is 5.32 Å². The van der Waals surface area contributed by atoms with Crippen LogP contribution in [0.1, 0.15) is 25.0 Å². The highest BCUT2D eigenvalue weighted by Crippen LogP contribution is 2.22. The molecule has 18 heavy (non-hydrogen) atoms. The highest BCUT2D eigenvalue weighted by Gasteiger charge is 2.22. The Balaban J connectivity index is 2.75. The number of aliphatic hydroxyl groups is 1. The molecule has 0 aliphatic carbocycles. The van der Waals surface area contributed by atoms with Crippen molar-refractivity contribution in [3.63, 3.8) is 0 Å². The van der Waals surface area contributed by atoms with E-state index in [0.29, 0.717) is 19.6 Å². The fourth-order valence-corrected chi connectivity index (χ4v) is 1.78. The predicted molar refractivity (Wildman–Crippen MR) is 65.3 cm³/mol. The maximum Gasteiger partial charge on any atom is 0.129 e. The molecule has 1 aromatic carbocycles. The number of halogens is 2. The van der Waals surface area contributed by atoms with E-state index in [-0.39, 0.29) is 11.6 Å². The average Bonchev–Trinajstić information content (AvgIpc) is 2.37. The summed E-state index contributed by atoms with van der Waals surface area (Å²) in [6.07, 6.45) is -0.483. The second-order valence-corrected chi connectivity index (χ2v) is 4.07. The Labute approximate surface area is 106 Å². The van der Waals surface area contributed by atoms with Crippen molar-refractivity contribution in [2.24, 2.45) is 0 Å². The van der Waals surface area contributed by atoms with Gasteiger partial charge in [0.15, 0.2) is 0 Å². The molecular formula is C13H19F2NO2. The monoisotopic (exact) mass is 259 g/mol. The van der Waals surface area contributed by atoms with E-state index in [1.807, 2.05) is 6.92 Å². The van der Waals surface area contributed by atoms with E-state index in [4.69, 9.17) is 4.74 Å². The van der Waals surface area contributed by atoms with Crippen molar-refractivity contribution < 1.29 is 18.6 Å². The van der Waals surface area contributed by atoms with Crippen LogP contribution in [-0.4, -0.2) is 31.4 Å². The van der Waals surface area contributed by atoms with Crippen LogP contribution in [-0.2, 0) is 4.74 Å². The van der Waals surface area contributed by atoms with Crippen LogP contribution < -0.4 is 5.32 Å². The fourth-order valence-electron chi connectivity index (χ4n) is 1.78. The lowest BCUT2D eigenvalue weighted by molar-refractivity contribution is 0.114. The van der Waals surface area contributed by atoms with E-state index in [1.54, 1.807) is 7.11 Å². The highest BCUT2D eigenvalue weighted by atomic mass is 19.1. The molecule has 0 aromatic heterocycles. The summed E-state index contributed by atoms with van der Waals surface area (Å²) in [5, 5.41) is 13.1. The number of methoxy groups -OCH3 is 1. The number of ether oxygens (including phenoxy) is 1. The van der Waals surface area contributed by atoms with Gasteiger partial charge in [-0.3, -0.25) is 0 Å². The van der Waals surface area contributed by atoms with Crippen LogP contribution in [0, 0.1) is 11.6 Å². The topological polar surface area (TPSA) is 41.5 Å². The van der Waals surface area contributed by atoms with Crippen molar-refractivity contribution >= 4 is 0 Å². The first-order chi connectivity index (χ1) is 8.60. The molecule has 0 aliphatic rings. The minimum atomic E-state index is -1.08. The predicted octanol–water partition coefficient (Wildman–Crippen LogP) is 2.01. The first-order valence-electron chi connectivity index (χ1n) is 5.95. The number of hydrogen-bond donors (Lipinski definition) is 2. The van der Waals surface area contributed by atoms with Crippen LogP contribution in [0.2, 0.25) is 0 Å². The van der Waals surface area contributed by atoms with Gasteiger partial charge in [-0.05, 0) is 24.6 Å². The molecule has 0 amide bonds. The summed E-state index contributed by atoms with van der Waals surface area (Å²) in [5.41, 5.74) is -0.0215. The zero-order valence-electron chi connectivity index (χ0n) is 10.6. The number of rotatable bonds is 7. The summed E-state index contributed by atoms with van der Waals surface area (Å²) < 4.78 is 31.5. The molecule has 0 saturated carbocycles. The molecule has 1 rings (SSSR count). The van der Waals surface area contributed by atoms with Gasteiger partial charge >= 0.3 is 0 Å². The summed E-state index contributed by atoms with van der Waals surface area (Å²) in [6.45, 7) is 2.91. The fraction of sp³-hybridized carbons (Fsp3) is 0.538. The van der Waals surface area contributed by atoms with Crippen molar-refractivity contribution in [1.29, 1.82) is 0 Å². The number of nitrogens with one attached hydrogen (secondary N) is 1. The summed E-state index contributed by atoms with van der Waals surface area (Å²) in [7, 11) is 1.57. The molecule has 0 bridgehead atoms. The Morgan fingerprint density at radius 2 is 2.11 bits per heavy atom. The maximum atomic E-state index is 13.5. The minimum Gasteiger partial charge on any atom is -0.387 e. The Kier molecular flexibility index (Phi) is 6.18. The maximum absolute atomic E-state index is 13.5. The zero-order chi connectivity index (χ0) is 13.5. The first-order valence-corrected chi connectivity index (χ1v) is 5.95. The summed E-state index contributed by atoms with van der Waals surface area (Å²) in [5.74, 6) is -1.16. The molecule has 0 radical (unpaired) electrons. The van der Waals surface area contributed by atoms with Gasteiger partial charge in [0.2, 0.25) is 0 Å². The van der Waals surface area contributed by atoms with Crippen molar-refractivity contribution in [2.75, 3.05) is 20.3 Å². The Morgan fingerprint density at radius 1 is 1.39 bits per heavy atom. The molecule has 0 aliphatic heterocycles. The Morgan fingerprint density at radius 3 is 2.72 bits per heavy atom. The smallest absolute Gasteiger partial charge is 0.129 e. The van der Waals surface area contributed by atoms with Gasteiger partial charge in [-0.25, -0.2) is 8.78 Å². The van der Waals surface area contributed by atoms with Gasteiger partial charge in [0.05, 0.1) is 12.7 Å². The molecule has 0 fully saturated rings. The summed E-state index contributed by atoms with van der Waals surface area (Å²) in [6, 6.07) is 2.75. The largest absolute Gasteiger partial charge is 0.387 e. The first kappa shape index (κ1) is 15.0. The van der Waals surface area contributed by atoms with Gasteiger partial charge in [0, 0.05) is 25.3 Å². The summed E-state index contributed by atoms with van der Waals surface area (Å²) in [4.78, 5) is 0. The second-order valence-electron chi connectivity index (χ2n) is 4.07. The van der Waals surface area contributed by atoms with E-state index in [0.717, 1.165) is 18.2 Å². The van der Waals surface area contributed by atoms with Crippen LogP contribution in [0.5, 0.6) is 0 Å². The lowest BCUT2D eigenvalue weighted by Crippen LogP contribution is -2.36. The molecule has 2 unspecified atom stereocenters. The number of benzene rings is 1. The highest BCUT2D eigenvalue weighted by molar-refractivity contribution is 5.22. The van der Waals surface area contributed by atoms with Crippen molar-refractivity contribution in [3.8, 4) is 0 Å². The molecule has 0 saturated heterocycles. The number of aliphatic hydroxyl groups excluding tert-OH is 1. The van der Waals surface area contributed by atoms with E-state index in [2.05, 4.69) is 5.32 Å². The normalized spacial score (nSPS) is 14.5. The molecule has 0 heterocycles. The standard InChI is InChI=1S/C13H19F2NO2/c1-3-12(16-6-7-18-2)13(17)10-8-9(14)4-5-11(10)15/h4-5,8,12-13,16-17H,3,6-7H2,1-2H3. The Hall–Kier alpha value is -1.04. The zero-order valence-corrected chi connectivity index (χ0v) is 10.6. The molecule has 1 aromatic rings. The average molecular weight is 259 g/mol. The van der Waals surface area contributed by atoms with Crippen LogP contribution in [0.3, 0.4) is 0 Å². The third-order valence-corrected chi connectivity index (χ3v) is 2.81. The van der Waals surface area contributed by atoms with Gasteiger partial charge in [0.25, 0.3) is 0 Å². The second kappa shape index (κ2) is 7.41.